The van der Waals surface area contributed by atoms with Crippen molar-refractivity contribution in [1.29, 1.82) is 0 Å². The maximum absolute atomic E-state index is 11.6. The lowest BCUT2D eigenvalue weighted by atomic mass is 9.95. The van der Waals surface area contributed by atoms with Gasteiger partial charge in [-0.25, -0.2) is 0 Å². The minimum Gasteiger partial charge on any atom is -0.396 e. The molecule has 0 spiro atoms. The molecule has 158 valence electrons. The van der Waals surface area contributed by atoms with Crippen LogP contribution in [0.3, 0.4) is 0 Å². The van der Waals surface area contributed by atoms with Crippen molar-refractivity contribution in [3.63, 3.8) is 0 Å². The van der Waals surface area contributed by atoms with Gasteiger partial charge in [0.25, 0.3) is 11.8 Å². The van der Waals surface area contributed by atoms with E-state index in [2.05, 4.69) is 11.8 Å². The summed E-state index contributed by atoms with van der Waals surface area (Å²) < 4.78 is 5.41. The highest BCUT2D eigenvalue weighted by Gasteiger charge is 2.62. The van der Waals surface area contributed by atoms with Crippen molar-refractivity contribution in [2.75, 3.05) is 33.4 Å². The predicted octanol–water partition coefficient (Wildman–Crippen LogP) is -0.623. The summed E-state index contributed by atoms with van der Waals surface area (Å²) in [5.74, 6) is -0.0474. The smallest absolute Gasteiger partial charge is 0.253 e. The third kappa shape index (κ3) is 4.16. The van der Waals surface area contributed by atoms with E-state index in [0.29, 0.717) is 25.9 Å². The van der Waals surface area contributed by atoms with E-state index in [1.807, 2.05) is 0 Å². The Labute approximate surface area is 165 Å². The van der Waals surface area contributed by atoms with Crippen LogP contribution in [0.1, 0.15) is 26.2 Å². The summed E-state index contributed by atoms with van der Waals surface area (Å²) in [6.45, 7) is 3.87. The number of fused-ring (bicyclic) bond motifs is 1. The third-order valence-corrected chi connectivity index (χ3v) is 6.58. The van der Waals surface area contributed by atoms with Crippen LogP contribution in [0.4, 0.5) is 0 Å². The van der Waals surface area contributed by atoms with E-state index >= 15 is 0 Å². The molecule has 7 atom stereocenters. The fourth-order valence-electron chi connectivity index (χ4n) is 4.97. The summed E-state index contributed by atoms with van der Waals surface area (Å²) in [5, 5.41) is 30.4. The van der Waals surface area contributed by atoms with Gasteiger partial charge in [0.15, 0.2) is 0 Å². The molecule has 28 heavy (non-hydrogen) atoms. The summed E-state index contributed by atoms with van der Waals surface area (Å²) in [6.07, 6.45) is 2.54. The van der Waals surface area contributed by atoms with Crippen molar-refractivity contribution in [3.8, 4) is 0 Å². The molecule has 3 N–H and O–H groups in total. The minimum atomic E-state index is -0.931. The van der Waals surface area contributed by atoms with Gasteiger partial charge in [-0.2, -0.15) is 0 Å². The van der Waals surface area contributed by atoms with E-state index in [1.165, 1.54) is 17.1 Å². The Balaban J connectivity index is 1.59. The number of likely N-dealkylation sites (tertiary alicyclic amines) is 1. The molecule has 1 saturated carbocycles. The van der Waals surface area contributed by atoms with E-state index in [4.69, 9.17) is 4.74 Å². The molecule has 8 heteroatoms. The molecule has 1 saturated heterocycles. The number of aliphatic hydroxyl groups excluding tert-OH is 3. The van der Waals surface area contributed by atoms with Gasteiger partial charge >= 0.3 is 0 Å². The van der Waals surface area contributed by atoms with Gasteiger partial charge in [0.1, 0.15) is 6.10 Å². The summed E-state index contributed by atoms with van der Waals surface area (Å²) in [4.78, 5) is 26.8. The first-order valence-corrected chi connectivity index (χ1v) is 10.2. The van der Waals surface area contributed by atoms with Gasteiger partial charge in [-0.05, 0) is 37.6 Å². The van der Waals surface area contributed by atoms with Crippen LogP contribution in [0.15, 0.2) is 12.2 Å². The van der Waals surface area contributed by atoms with Crippen molar-refractivity contribution in [2.45, 2.75) is 50.5 Å². The molecule has 2 fully saturated rings. The van der Waals surface area contributed by atoms with Gasteiger partial charge in [-0.15, -0.1) is 0 Å². The fourth-order valence-corrected chi connectivity index (χ4v) is 4.97. The molecule has 3 aliphatic rings. The van der Waals surface area contributed by atoms with Crippen LogP contribution in [0, 0.1) is 17.8 Å². The molecule has 2 heterocycles. The maximum atomic E-state index is 11.6. The molecule has 2 aliphatic heterocycles. The number of rotatable bonds is 9. The Morgan fingerprint density at radius 2 is 1.79 bits per heavy atom. The number of nitrogens with zero attached hydrogens (tertiary/aromatic N) is 2. The molecule has 0 radical (unpaired) electrons. The minimum absolute atomic E-state index is 0.0253. The SMILES string of the molecule is COC1CN(CCCCN2C(=O)C=CC2=O)C2C(C(C)CCO)C2C(O)C1O. The molecule has 8 nitrogen and oxygen atoms in total. The van der Waals surface area contributed by atoms with Crippen molar-refractivity contribution in [2.24, 2.45) is 17.8 Å². The fraction of sp³-hybridized carbons (Fsp3) is 0.800. The van der Waals surface area contributed by atoms with Crippen LogP contribution in [0.5, 0.6) is 0 Å². The molecule has 0 aromatic heterocycles. The van der Waals surface area contributed by atoms with Crippen LogP contribution < -0.4 is 0 Å². The first kappa shape index (κ1) is 21.4. The van der Waals surface area contributed by atoms with Gasteiger partial charge < -0.3 is 20.1 Å². The van der Waals surface area contributed by atoms with Crippen LogP contribution >= 0.6 is 0 Å². The molecule has 3 rings (SSSR count). The molecular weight excluding hydrogens is 364 g/mol. The Kier molecular flexibility index (Phi) is 6.88. The Morgan fingerprint density at radius 1 is 1.14 bits per heavy atom. The van der Waals surface area contributed by atoms with Crippen LogP contribution in [-0.2, 0) is 14.3 Å². The topological polar surface area (TPSA) is 111 Å². The average molecular weight is 396 g/mol. The second-order valence-electron chi connectivity index (χ2n) is 8.25. The number of carbonyl (C=O) groups is 2. The van der Waals surface area contributed by atoms with Crippen LogP contribution in [0.2, 0.25) is 0 Å². The highest BCUT2D eigenvalue weighted by molar-refractivity contribution is 6.12. The zero-order chi connectivity index (χ0) is 20.4. The number of ether oxygens (including phenoxy) is 1. The number of unbranched alkanes of at least 4 members (excludes halogenated alkanes) is 1. The molecule has 0 bridgehead atoms. The zero-order valence-corrected chi connectivity index (χ0v) is 16.6. The molecule has 2 amide bonds. The largest absolute Gasteiger partial charge is 0.396 e. The monoisotopic (exact) mass is 396 g/mol. The lowest BCUT2D eigenvalue weighted by Gasteiger charge is -2.30. The number of hydrogen-bond donors (Lipinski definition) is 3. The predicted molar refractivity (Wildman–Crippen MR) is 101 cm³/mol. The van der Waals surface area contributed by atoms with Gasteiger partial charge in [0, 0.05) is 50.9 Å². The first-order chi connectivity index (χ1) is 13.4. The first-order valence-electron chi connectivity index (χ1n) is 10.2. The number of imide groups is 1. The lowest BCUT2D eigenvalue weighted by Crippen LogP contribution is -2.44. The molecule has 0 aromatic rings. The molecule has 1 aliphatic carbocycles. The van der Waals surface area contributed by atoms with Gasteiger partial charge in [-0.1, -0.05) is 6.92 Å². The highest BCUT2D eigenvalue weighted by Crippen LogP contribution is 2.53. The van der Waals surface area contributed by atoms with Crippen molar-refractivity contribution in [3.05, 3.63) is 12.2 Å². The number of methoxy groups -OCH3 is 1. The number of amides is 2. The number of aliphatic hydroxyl groups is 3. The van der Waals surface area contributed by atoms with E-state index in [0.717, 1.165) is 13.0 Å². The third-order valence-electron chi connectivity index (χ3n) is 6.58. The number of carbonyl (C=O) groups excluding carboxylic acids is 2. The lowest BCUT2D eigenvalue weighted by molar-refractivity contribution is -0.136. The molecular formula is C20H32N2O6. The standard InChI is InChI=1S/C20H32N2O6/c1-12(7-10-23)16-17-18(16)21(11-13(28-2)19(26)20(17)27)8-3-4-9-22-14(24)5-6-15(22)25/h5-6,12-13,16-20,23,26-27H,3-4,7-11H2,1-2H3. The van der Waals surface area contributed by atoms with Crippen molar-refractivity contribution in [1.82, 2.24) is 9.80 Å². The van der Waals surface area contributed by atoms with E-state index < -0.39 is 18.3 Å². The second-order valence-corrected chi connectivity index (χ2v) is 8.25. The highest BCUT2D eigenvalue weighted by atomic mass is 16.5. The maximum Gasteiger partial charge on any atom is 0.253 e. The van der Waals surface area contributed by atoms with Crippen LogP contribution in [-0.4, -0.2) is 94.6 Å². The van der Waals surface area contributed by atoms with Gasteiger partial charge in [-0.3, -0.25) is 19.4 Å². The summed E-state index contributed by atoms with van der Waals surface area (Å²) in [5.41, 5.74) is 0. The van der Waals surface area contributed by atoms with E-state index in [-0.39, 0.29) is 42.2 Å². The Hall–Kier alpha value is -1.32. The normalized spacial score (nSPS) is 36.5. The Bertz CT molecular complexity index is 594. The van der Waals surface area contributed by atoms with Gasteiger partial charge in [0.05, 0.1) is 12.2 Å². The average Bonchev–Trinajstić information content (AvgIpc) is 3.35. The quantitative estimate of drug-likeness (QED) is 0.352. The second kappa shape index (κ2) is 9.00. The number of hydrogen-bond acceptors (Lipinski definition) is 7. The summed E-state index contributed by atoms with van der Waals surface area (Å²) in [6, 6.07) is 0.156. The molecule has 0 aromatic carbocycles. The molecule has 7 unspecified atom stereocenters. The zero-order valence-electron chi connectivity index (χ0n) is 16.6. The van der Waals surface area contributed by atoms with E-state index in [1.54, 1.807) is 7.11 Å². The van der Waals surface area contributed by atoms with Crippen molar-refractivity contribution >= 4 is 11.8 Å². The van der Waals surface area contributed by atoms with Crippen LogP contribution in [0.25, 0.3) is 0 Å². The Morgan fingerprint density at radius 3 is 2.39 bits per heavy atom. The van der Waals surface area contributed by atoms with Gasteiger partial charge in [0.2, 0.25) is 0 Å². The van der Waals surface area contributed by atoms with E-state index in [9.17, 15) is 24.9 Å². The summed E-state index contributed by atoms with van der Waals surface area (Å²) in [7, 11) is 1.54. The van der Waals surface area contributed by atoms with Crippen molar-refractivity contribution < 1.29 is 29.6 Å². The summed E-state index contributed by atoms with van der Waals surface area (Å²) >= 11 is 0.